The molecule has 10 heteroatoms. The SMILES string of the molecule is COC(=O)[C@H]1c2ccccc2[C@@H]2CN1C(=O)N2OP(=O)(O)O. The van der Waals surface area contributed by atoms with Crippen molar-refractivity contribution in [3.8, 4) is 0 Å². The second-order valence-corrected chi connectivity index (χ2v) is 6.05. The molecule has 2 heterocycles. The van der Waals surface area contributed by atoms with Gasteiger partial charge in [0.05, 0.1) is 13.7 Å². The molecule has 118 valence electrons. The van der Waals surface area contributed by atoms with Crippen LogP contribution in [0.2, 0.25) is 0 Å². The fourth-order valence-corrected chi connectivity index (χ4v) is 3.26. The summed E-state index contributed by atoms with van der Waals surface area (Å²) < 4.78 is 20.3. The van der Waals surface area contributed by atoms with E-state index in [1.54, 1.807) is 24.3 Å². The molecule has 1 aromatic rings. The fraction of sp³-hybridized carbons (Fsp3) is 0.333. The molecule has 0 aromatic heterocycles. The highest BCUT2D eigenvalue weighted by Gasteiger charge is 2.52. The van der Waals surface area contributed by atoms with Crippen LogP contribution in [-0.4, -0.2) is 45.4 Å². The van der Waals surface area contributed by atoms with Gasteiger partial charge in [-0.15, -0.1) is 0 Å². The van der Waals surface area contributed by atoms with Crippen LogP contribution >= 0.6 is 7.82 Å². The largest absolute Gasteiger partial charge is 0.491 e. The average Bonchev–Trinajstić information content (AvgIpc) is 2.73. The van der Waals surface area contributed by atoms with Crippen LogP contribution in [0, 0.1) is 0 Å². The number of carbonyl (C=O) groups is 2. The summed E-state index contributed by atoms with van der Waals surface area (Å²) in [6, 6.07) is 4.32. The molecule has 9 nitrogen and oxygen atoms in total. The van der Waals surface area contributed by atoms with E-state index in [-0.39, 0.29) is 6.54 Å². The van der Waals surface area contributed by atoms with Crippen LogP contribution in [0.3, 0.4) is 0 Å². The zero-order valence-electron chi connectivity index (χ0n) is 11.4. The minimum absolute atomic E-state index is 0.0790. The quantitative estimate of drug-likeness (QED) is 0.620. The van der Waals surface area contributed by atoms with Gasteiger partial charge in [0.25, 0.3) is 0 Å². The van der Waals surface area contributed by atoms with Crippen molar-refractivity contribution in [1.29, 1.82) is 0 Å². The molecule has 2 N–H and O–H groups in total. The molecular formula is C12H13N2O7P. The van der Waals surface area contributed by atoms with Gasteiger partial charge in [-0.05, 0) is 11.1 Å². The van der Waals surface area contributed by atoms with Crippen LogP contribution < -0.4 is 0 Å². The summed E-state index contributed by atoms with van der Waals surface area (Å²) in [4.78, 5) is 43.5. The van der Waals surface area contributed by atoms with Gasteiger partial charge in [0.2, 0.25) is 0 Å². The summed E-state index contributed by atoms with van der Waals surface area (Å²) in [6.07, 6.45) is 0. The molecule has 2 aliphatic rings. The van der Waals surface area contributed by atoms with Gasteiger partial charge in [-0.25, -0.2) is 14.2 Å². The Morgan fingerprint density at radius 3 is 2.55 bits per heavy atom. The highest BCUT2D eigenvalue weighted by Crippen LogP contribution is 2.48. The highest BCUT2D eigenvalue weighted by molar-refractivity contribution is 7.46. The molecular weight excluding hydrogens is 315 g/mol. The normalized spacial score (nSPS) is 23.5. The van der Waals surface area contributed by atoms with E-state index in [4.69, 9.17) is 14.5 Å². The van der Waals surface area contributed by atoms with Crippen molar-refractivity contribution in [2.45, 2.75) is 12.1 Å². The first-order chi connectivity index (χ1) is 10.3. The maximum atomic E-state index is 12.3. The third kappa shape index (κ3) is 2.28. The molecule has 0 aliphatic carbocycles. The zero-order valence-corrected chi connectivity index (χ0v) is 12.3. The smallest absolute Gasteiger partial charge is 0.467 e. The van der Waals surface area contributed by atoms with Crippen LogP contribution in [0.5, 0.6) is 0 Å². The number of benzene rings is 1. The first-order valence-corrected chi connectivity index (χ1v) is 7.88. The van der Waals surface area contributed by atoms with Crippen molar-refractivity contribution in [3.63, 3.8) is 0 Å². The summed E-state index contributed by atoms with van der Waals surface area (Å²) in [5.74, 6) is -0.628. The van der Waals surface area contributed by atoms with E-state index in [9.17, 15) is 14.2 Å². The Balaban J connectivity index is 2.08. The van der Waals surface area contributed by atoms with E-state index in [1.807, 2.05) is 0 Å². The molecule has 1 aromatic carbocycles. The Kier molecular flexibility index (Phi) is 3.45. The van der Waals surface area contributed by atoms with Crippen LogP contribution in [0.25, 0.3) is 0 Å². The minimum atomic E-state index is -4.90. The molecule has 3 rings (SSSR count). The van der Waals surface area contributed by atoms with E-state index in [2.05, 4.69) is 4.62 Å². The molecule has 2 atom stereocenters. The summed E-state index contributed by atoms with van der Waals surface area (Å²) in [5, 5.41) is 0.628. The Hall–Kier alpha value is -1.93. The van der Waals surface area contributed by atoms with Gasteiger partial charge in [0.15, 0.2) is 6.04 Å². The molecule has 2 aliphatic heterocycles. The Bertz CT molecular complexity index is 688. The van der Waals surface area contributed by atoms with E-state index in [1.165, 1.54) is 12.0 Å². The predicted octanol–water partition coefficient (Wildman–Crippen LogP) is 0.717. The summed E-state index contributed by atoms with van der Waals surface area (Å²) in [7, 11) is -3.69. The molecule has 0 spiro atoms. The van der Waals surface area contributed by atoms with Crippen LogP contribution in [0.4, 0.5) is 4.79 Å². The topological polar surface area (TPSA) is 117 Å². The average molecular weight is 328 g/mol. The molecule has 0 unspecified atom stereocenters. The molecule has 0 radical (unpaired) electrons. The summed E-state index contributed by atoms with van der Waals surface area (Å²) >= 11 is 0. The number of phosphoric acid groups is 1. The third-order valence-electron chi connectivity index (χ3n) is 3.67. The zero-order chi connectivity index (χ0) is 16.1. The van der Waals surface area contributed by atoms with E-state index < -0.39 is 31.9 Å². The summed E-state index contributed by atoms with van der Waals surface area (Å²) in [6.45, 7) is 0.0790. The number of fused-ring (bicyclic) bond motifs is 4. The van der Waals surface area contributed by atoms with Gasteiger partial charge >= 0.3 is 19.8 Å². The van der Waals surface area contributed by atoms with Gasteiger partial charge in [-0.2, -0.15) is 9.69 Å². The number of carbonyl (C=O) groups excluding carboxylic acids is 2. The maximum absolute atomic E-state index is 12.3. The van der Waals surface area contributed by atoms with Crippen LogP contribution in [0.15, 0.2) is 24.3 Å². The molecule has 0 saturated carbocycles. The number of hydrogen-bond acceptors (Lipinski definition) is 5. The predicted molar refractivity (Wildman–Crippen MR) is 71.0 cm³/mol. The fourth-order valence-electron chi connectivity index (χ4n) is 2.84. The second-order valence-electron chi connectivity index (χ2n) is 4.90. The van der Waals surface area contributed by atoms with E-state index >= 15 is 0 Å². The lowest BCUT2D eigenvalue weighted by Crippen LogP contribution is -2.38. The number of amides is 2. The van der Waals surface area contributed by atoms with Gasteiger partial charge < -0.3 is 19.4 Å². The van der Waals surface area contributed by atoms with Crippen LogP contribution in [0.1, 0.15) is 23.2 Å². The monoisotopic (exact) mass is 328 g/mol. The van der Waals surface area contributed by atoms with Gasteiger partial charge in [0.1, 0.15) is 6.04 Å². The van der Waals surface area contributed by atoms with Crippen molar-refractivity contribution in [3.05, 3.63) is 35.4 Å². The van der Waals surface area contributed by atoms with Crippen molar-refractivity contribution < 1.29 is 33.3 Å². The van der Waals surface area contributed by atoms with Gasteiger partial charge in [0, 0.05) is 0 Å². The number of hydrogen-bond donors (Lipinski definition) is 2. The number of rotatable bonds is 3. The van der Waals surface area contributed by atoms with Crippen LogP contribution in [-0.2, 0) is 18.7 Å². The molecule has 1 fully saturated rings. The first-order valence-electron chi connectivity index (χ1n) is 6.35. The summed E-state index contributed by atoms with van der Waals surface area (Å²) in [5.41, 5.74) is 1.14. The van der Waals surface area contributed by atoms with E-state index in [0.29, 0.717) is 16.2 Å². The van der Waals surface area contributed by atoms with E-state index in [0.717, 1.165) is 0 Å². The number of hydroxylamine groups is 2. The molecule has 1 saturated heterocycles. The number of methoxy groups -OCH3 is 1. The van der Waals surface area contributed by atoms with Crippen molar-refractivity contribution >= 4 is 19.8 Å². The minimum Gasteiger partial charge on any atom is -0.467 e. The Morgan fingerprint density at radius 2 is 1.95 bits per heavy atom. The first kappa shape index (κ1) is 15.0. The Morgan fingerprint density at radius 1 is 1.32 bits per heavy atom. The van der Waals surface area contributed by atoms with Crippen molar-refractivity contribution in [2.75, 3.05) is 13.7 Å². The van der Waals surface area contributed by atoms with Gasteiger partial charge in [-0.3, -0.25) is 0 Å². The number of esters is 1. The Labute approximate surface area is 125 Å². The lowest BCUT2D eigenvalue weighted by atomic mass is 9.91. The van der Waals surface area contributed by atoms with Gasteiger partial charge in [-0.1, -0.05) is 24.3 Å². The highest BCUT2D eigenvalue weighted by atomic mass is 31.2. The molecule has 22 heavy (non-hydrogen) atoms. The van der Waals surface area contributed by atoms with Crippen molar-refractivity contribution in [2.24, 2.45) is 0 Å². The molecule has 2 amide bonds. The lowest BCUT2D eigenvalue weighted by Gasteiger charge is -2.30. The molecule has 2 bridgehead atoms. The maximum Gasteiger partial charge on any atom is 0.491 e. The third-order valence-corrected chi connectivity index (χ3v) is 4.06. The number of nitrogens with zero attached hydrogens (tertiary/aromatic N) is 2. The lowest BCUT2D eigenvalue weighted by molar-refractivity contribution is -0.146. The second kappa shape index (κ2) is 5.06. The number of ether oxygens (including phenoxy) is 1. The number of urea groups is 1. The standard InChI is InChI=1S/C12H13N2O7P/c1-20-11(15)10-8-5-3-2-4-7(8)9-6-13(10)12(16)14(9)21-22(17,18)19/h2-5,9-10H,6H2,1H3,(H2,17,18,19)/t9-,10+/m0/s1. The van der Waals surface area contributed by atoms with Crippen molar-refractivity contribution in [1.82, 2.24) is 9.96 Å².